The fraction of sp³-hybridized carbons (Fsp3) is 1.00. The maximum Gasteiger partial charge on any atom is 0.180 e. The van der Waals surface area contributed by atoms with Gasteiger partial charge < -0.3 is 18.9 Å². The number of rotatable bonds is 5. The first-order chi connectivity index (χ1) is 13.7. The molecule has 0 aromatic carbocycles. The van der Waals surface area contributed by atoms with Gasteiger partial charge in [-0.3, -0.25) is 0 Å². The van der Waals surface area contributed by atoms with Gasteiger partial charge in [-0.1, -0.05) is 27.7 Å². The zero-order valence-electron chi connectivity index (χ0n) is 19.5. The molecule has 0 saturated carbocycles. The molecule has 6 unspecified atom stereocenters. The van der Waals surface area contributed by atoms with Gasteiger partial charge in [0.1, 0.15) is 0 Å². The maximum atomic E-state index is 7.21. The third-order valence-corrected chi connectivity index (χ3v) is 7.81. The first-order valence-electron chi connectivity index (χ1n) is 12.0. The smallest absolute Gasteiger partial charge is 0.180 e. The number of hydrogen-bond donors (Lipinski definition) is 0. The molecule has 4 rings (SSSR count). The van der Waals surface area contributed by atoms with Crippen LogP contribution in [-0.4, -0.2) is 58.5 Å². The van der Waals surface area contributed by atoms with Crippen LogP contribution < -0.4 is 0 Å². The van der Waals surface area contributed by atoms with Gasteiger partial charge >= 0.3 is 0 Å². The molecule has 4 heterocycles. The molecule has 4 aliphatic heterocycles. The highest BCUT2D eigenvalue weighted by Crippen LogP contribution is 2.46. The van der Waals surface area contributed by atoms with E-state index in [9.17, 15) is 0 Å². The predicted molar refractivity (Wildman–Crippen MR) is 119 cm³/mol. The largest absolute Gasteiger partial charge is 0.386 e. The van der Waals surface area contributed by atoms with Crippen molar-refractivity contribution in [3.8, 4) is 0 Å². The Balaban J connectivity index is 0.000000252. The minimum atomic E-state index is -0.113. The van der Waals surface area contributed by atoms with Crippen molar-refractivity contribution in [1.29, 1.82) is 1.34 Å². The van der Waals surface area contributed by atoms with Crippen molar-refractivity contribution in [3.05, 3.63) is 0 Å². The molecule has 0 aliphatic carbocycles. The lowest BCUT2D eigenvalue weighted by atomic mass is 9.77. The normalized spacial score (nSPS) is 36.9. The predicted octanol–water partition coefficient (Wildman–Crippen LogP) is 4.29. The van der Waals surface area contributed by atoms with Gasteiger partial charge in [0, 0.05) is 36.7 Å². The molecule has 0 amide bonds. The second kappa shape index (κ2) is 10.1. The van der Waals surface area contributed by atoms with Crippen molar-refractivity contribution >= 4 is 16.1 Å². The van der Waals surface area contributed by atoms with Crippen LogP contribution >= 0.6 is 9.12 Å². The van der Waals surface area contributed by atoms with E-state index < -0.39 is 0 Å². The Labute approximate surface area is 176 Å². The van der Waals surface area contributed by atoms with Crippen LogP contribution in [0, 0.1) is 10.8 Å². The molecule has 0 radical (unpaired) electrons. The SMILES string of the molecule is CC(C)(C1CCCO1)C1CCC(C(C)(C)C2CCCO2)O1.[3H]B(P)C1CCCO1. The summed E-state index contributed by atoms with van der Waals surface area (Å²) in [7, 11) is 2.44. The molecular weight excluding hydrogens is 370 g/mol. The highest BCUT2D eigenvalue weighted by Gasteiger charge is 2.49. The Morgan fingerprint density at radius 2 is 1.18 bits per heavy atom. The molecule has 6 heteroatoms. The average Bonchev–Trinajstić information content (AvgIpc) is 3.51. The molecule has 4 fully saturated rings. The summed E-state index contributed by atoms with van der Waals surface area (Å²) in [6.07, 6.45) is 10.7. The Morgan fingerprint density at radius 1 is 0.714 bits per heavy atom. The zero-order chi connectivity index (χ0) is 21.1. The molecule has 4 saturated heterocycles. The topological polar surface area (TPSA) is 36.9 Å². The summed E-state index contributed by atoms with van der Waals surface area (Å²) in [5, 5.41) is 0. The third-order valence-electron chi connectivity index (χ3n) is 7.38. The number of hydrogen-bond acceptors (Lipinski definition) is 4. The van der Waals surface area contributed by atoms with E-state index in [-0.39, 0.29) is 23.8 Å². The summed E-state index contributed by atoms with van der Waals surface area (Å²) in [6.45, 7) is 11.9. The van der Waals surface area contributed by atoms with Gasteiger partial charge in [0.25, 0.3) is 0 Å². The molecular formula is C22H42BO4P. The van der Waals surface area contributed by atoms with Crippen LogP contribution in [0.25, 0.3) is 0 Å². The van der Waals surface area contributed by atoms with Crippen molar-refractivity contribution < 1.29 is 18.9 Å². The van der Waals surface area contributed by atoms with Crippen LogP contribution in [-0.2, 0) is 18.9 Å². The molecule has 6 atom stereocenters. The first-order valence-corrected chi connectivity index (χ1v) is 12.1. The van der Waals surface area contributed by atoms with E-state index in [4.69, 9.17) is 20.3 Å². The molecule has 162 valence electrons. The van der Waals surface area contributed by atoms with Crippen molar-refractivity contribution in [1.82, 2.24) is 0 Å². The second-order valence-corrected chi connectivity index (χ2v) is 10.5. The standard InChI is InChI=1S/C18H32O3.C4H10BOP/c1-17(2,13-7-5-11-19-13)15-9-10-16(21-15)18(3,4)14-8-6-12-20-14;7-5-4-2-1-3-6-4/h13-16H,5-12H2,1-4H3;4-5H,1-3,7H2/i;5T. The Hall–Kier alpha value is 0.335. The first kappa shape index (κ1) is 21.6. The fourth-order valence-corrected chi connectivity index (χ4v) is 5.53. The molecule has 4 nitrogen and oxygen atoms in total. The van der Waals surface area contributed by atoms with Crippen LogP contribution in [0.15, 0.2) is 0 Å². The Morgan fingerprint density at radius 3 is 1.50 bits per heavy atom. The van der Waals surface area contributed by atoms with Crippen molar-refractivity contribution in [2.45, 2.75) is 109 Å². The lowest BCUT2D eigenvalue weighted by molar-refractivity contribution is -0.131. The van der Waals surface area contributed by atoms with Gasteiger partial charge in [-0.15, -0.1) is 0 Å². The van der Waals surface area contributed by atoms with E-state index in [0.717, 1.165) is 45.5 Å². The van der Waals surface area contributed by atoms with Gasteiger partial charge in [0.05, 0.1) is 24.4 Å². The summed E-state index contributed by atoms with van der Waals surface area (Å²) in [5.74, 6) is 0. The van der Waals surface area contributed by atoms with Gasteiger partial charge in [0.2, 0.25) is 0 Å². The Kier molecular flexibility index (Phi) is 7.77. The average molecular weight is 414 g/mol. The van der Waals surface area contributed by atoms with E-state index in [1.54, 1.807) is 0 Å². The minimum absolute atomic E-state index is 0.113. The summed E-state index contributed by atoms with van der Waals surface area (Å²) in [6, 6.07) is 0.194. The highest BCUT2D eigenvalue weighted by atomic mass is 31.0. The highest BCUT2D eigenvalue weighted by molar-refractivity contribution is 7.55. The van der Waals surface area contributed by atoms with Crippen LogP contribution in [0.3, 0.4) is 0 Å². The Bertz CT molecular complexity index is 467. The fourth-order valence-electron chi connectivity index (χ4n) is 5.23. The van der Waals surface area contributed by atoms with Gasteiger partial charge in [0.15, 0.2) is 6.96 Å². The molecule has 0 N–H and O–H groups in total. The van der Waals surface area contributed by atoms with Crippen molar-refractivity contribution in [3.63, 3.8) is 0 Å². The molecule has 0 aromatic rings. The van der Waals surface area contributed by atoms with E-state index >= 15 is 0 Å². The van der Waals surface area contributed by atoms with Gasteiger partial charge in [-0.25, -0.2) is 0 Å². The van der Waals surface area contributed by atoms with E-state index in [0.29, 0.717) is 24.4 Å². The summed E-state index contributed by atoms with van der Waals surface area (Å²) in [5.41, 5.74) is 0.246. The lowest BCUT2D eigenvalue weighted by Crippen LogP contribution is -2.44. The molecule has 0 bridgehead atoms. The van der Waals surface area contributed by atoms with Crippen LogP contribution in [0.2, 0.25) is 0 Å². The summed E-state index contributed by atoms with van der Waals surface area (Å²) >= 11 is 0. The van der Waals surface area contributed by atoms with E-state index in [1.165, 1.54) is 25.7 Å². The quantitative estimate of drug-likeness (QED) is 0.497. The molecule has 0 spiro atoms. The van der Waals surface area contributed by atoms with E-state index in [1.807, 2.05) is 0 Å². The van der Waals surface area contributed by atoms with E-state index in [2.05, 4.69) is 36.8 Å². The second-order valence-electron chi connectivity index (χ2n) is 10.1. The van der Waals surface area contributed by atoms with Gasteiger partial charge in [-0.05, 0) is 52.7 Å². The third kappa shape index (κ3) is 5.33. The lowest BCUT2D eigenvalue weighted by Gasteiger charge is -2.40. The molecule has 0 aromatic heterocycles. The monoisotopic (exact) mass is 414 g/mol. The maximum absolute atomic E-state index is 7.21. The van der Waals surface area contributed by atoms with Crippen molar-refractivity contribution in [2.24, 2.45) is 10.8 Å². The summed E-state index contributed by atoms with van der Waals surface area (Å²) in [4.78, 5) is 0. The molecule has 28 heavy (non-hydrogen) atoms. The number of ether oxygens (including phenoxy) is 4. The molecule has 4 aliphatic rings. The van der Waals surface area contributed by atoms with Crippen LogP contribution in [0.4, 0.5) is 0 Å². The van der Waals surface area contributed by atoms with Crippen molar-refractivity contribution in [2.75, 3.05) is 19.8 Å². The zero-order valence-corrected chi connectivity index (χ0v) is 19.6. The van der Waals surface area contributed by atoms with Gasteiger partial charge in [-0.2, -0.15) is 9.12 Å². The minimum Gasteiger partial charge on any atom is -0.386 e. The summed E-state index contributed by atoms with van der Waals surface area (Å²) < 4.78 is 30.9. The van der Waals surface area contributed by atoms with Crippen LogP contribution in [0.1, 0.15) is 79.1 Å². The van der Waals surface area contributed by atoms with Crippen LogP contribution in [0.5, 0.6) is 0 Å².